The van der Waals surface area contributed by atoms with Crippen molar-refractivity contribution in [2.75, 3.05) is 4.90 Å². The topological polar surface area (TPSA) is 3.24 Å². The summed E-state index contributed by atoms with van der Waals surface area (Å²) >= 11 is 0. The highest BCUT2D eigenvalue weighted by atomic mass is 15.1. The van der Waals surface area contributed by atoms with Gasteiger partial charge in [0, 0.05) is 17.1 Å². The number of benzene rings is 3. The smallest absolute Gasteiger partial charge is 0.0467 e. The highest BCUT2D eigenvalue weighted by molar-refractivity contribution is 5.74. The van der Waals surface area contributed by atoms with Crippen LogP contribution in [0.3, 0.4) is 0 Å². The lowest BCUT2D eigenvalue weighted by Gasteiger charge is -2.27. The fraction of sp³-hybridized carbons (Fsp3) is 0.0370. The first-order valence-electron chi connectivity index (χ1n) is 9.40. The number of nitrogens with zero attached hydrogens (tertiary/aromatic N) is 1. The van der Waals surface area contributed by atoms with E-state index in [9.17, 15) is 0 Å². The van der Waals surface area contributed by atoms with Gasteiger partial charge in [0.2, 0.25) is 0 Å². The van der Waals surface area contributed by atoms with Crippen LogP contribution in [0.2, 0.25) is 0 Å². The molecule has 0 saturated heterocycles. The SMILES string of the molecule is C=C/C=C\C(=C/C)N(c1ccc(-c2ccccc2)cc1)c1cccc(C=C)c1. The second kappa shape index (κ2) is 9.38. The van der Waals surface area contributed by atoms with Gasteiger partial charge in [-0.1, -0.05) is 92.1 Å². The molecule has 3 aromatic rings. The van der Waals surface area contributed by atoms with Gasteiger partial charge in [-0.15, -0.1) is 0 Å². The molecule has 0 saturated carbocycles. The molecule has 0 atom stereocenters. The summed E-state index contributed by atoms with van der Waals surface area (Å²) < 4.78 is 0. The maximum Gasteiger partial charge on any atom is 0.0467 e. The maximum absolute atomic E-state index is 3.90. The largest absolute Gasteiger partial charge is 0.311 e. The highest BCUT2D eigenvalue weighted by Gasteiger charge is 2.13. The van der Waals surface area contributed by atoms with Crippen LogP contribution in [0.5, 0.6) is 0 Å². The Hall–Kier alpha value is -3.58. The quantitative estimate of drug-likeness (QED) is 0.387. The Balaban J connectivity index is 2.06. The molecule has 1 nitrogen and oxygen atoms in total. The number of hydrogen-bond acceptors (Lipinski definition) is 1. The van der Waals surface area contributed by atoms with E-state index in [2.05, 4.69) is 103 Å². The molecule has 138 valence electrons. The average Bonchev–Trinajstić information content (AvgIpc) is 2.77. The average molecular weight is 364 g/mol. The molecule has 0 fully saturated rings. The second-order valence-corrected chi connectivity index (χ2v) is 6.36. The lowest BCUT2D eigenvalue weighted by atomic mass is 10.0. The predicted molar refractivity (Wildman–Crippen MR) is 124 cm³/mol. The Morgan fingerprint density at radius 1 is 0.786 bits per heavy atom. The zero-order valence-corrected chi connectivity index (χ0v) is 16.3. The molecule has 3 rings (SSSR count). The van der Waals surface area contributed by atoms with Crippen LogP contribution in [0, 0.1) is 0 Å². The van der Waals surface area contributed by atoms with Crippen molar-refractivity contribution in [1.82, 2.24) is 0 Å². The number of rotatable bonds is 7. The molecule has 0 amide bonds. The number of hydrogen-bond donors (Lipinski definition) is 0. The predicted octanol–water partition coefficient (Wildman–Crippen LogP) is 7.78. The first-order chi connectivity index (χ1) is 13.8. The molecule has 1 heteroatoms. The molecular weight excluding hydrogens is 338 g/mol. The lowest BCUT2D eigenvalue weighted by molar-refractivity contribution is 1.20. The monoisotopic (exact) mass is 363 g/mol. The summed E-state index contributed by atoms with van der Waals surface area (Å²) in [6, 6.07) is 27.5. The van der Waals surface area contributed by atoms with E-state index in [1.807, 2.05) is 25.1 Å². The van der Waals surface area contributed by atoms with Gasteiger partial charge in [0.1, 0.15) is 0 Å². The van der Waals surface area contributed by atoms with E-state index in [4.69, 9.17) is 0 Å². The van der Waals surface area contributed by atoms with E-state index in [0.29, 0.717) is 0 Å². The van der Waals surface area contributed by atoms with Gasteiger partial charge >= 0.3 is 0 Å². The molecule has 0 heterocycles. The van der Waals surface area contributed by atoms with E-state index in [1.165, 1.54) is 11.1 Å². The molecule has 0 radical (unpaired) electrons. The summed E-state index contributed by atoms with van der Waals surface area (Å²) in [7, 11) is 0. The molecule has 0 bridgehead atoms. The van der Waals surface area contributed by atoms with Gasteiger partial charge in [-0.05, 0) is 54.0 Å². The first-order valence-corrected chi connectivity index (χ1v) is 9.40. The highest BCUT2D eigenvalue weighted by Crippen LogP contribution is 2.33. The number of anilines is 2. The van der Waals surface area contributed by atoms with Gasteiger partial charge in [-0.2, -0.15) is 0 Å². The standard InChI is InChI=1S/C27H25N/c1-4-7-15-25(6-3)28(27-16-11-12-22(5-2)21-27)26-19-17-24(18-20-26)23-13-9-8-10-14-23/h4-21H,1-2H2,3H3/b15-7-,25-6+. The van der Waals surface area contributed by atoms with Crippen LogP contribution in [0.4, 0.5) is 11.4 Å². The fourth-order valence-electron chi connectivity index (χ4n) is 3.14. The third-order valence-corrected chi connectivity index (χ3v) is 4.55. The van der Waals surface area contributed by atoms with E-state index >= 15 is 0 Å². The van der Waals surface area contributed by atoms with Crippen molar-refractivity contribution in [3.63, 3.8) is 0 Å². The number of allylic oxidation sites excluding steroid dienone is 4. The van der Waals surface area contributed by atoms with Crippen LogP contribution >= 0.6 is 0 Å². The van der Waals surface area contributed by atoms with Crippen molar-refractivity contribution in [2.24, 2.45) is 0 Å². The maximum atomic E-state index is 3.90. The van der Waals surface area contributed by atoms with Crippen molar-refractivity contribution in [3.8, 4) is 11.1 Å². The van der Waals surface area contributed by atoms with Crippen LogP contribution in [-0.4, -0.2) is 0 Å². The fourth-order valence-corrected chi connectivity index (χ4v) is 3.14. The molecule has 0 aliphatic rings. The van der Waals surface area contributed by atoms with E-state index in [-0.39, 0.29) is 0 Å². The summed E-state index contributed by atoms with van der Waals surface area (Å²) in [4.78, 5) is 2.24. The van der Waals surface area contributed by atoms with Gasteiger partial charge in [-0.3, -0.25) is 0 Å². The Bertz CT molecular complexity index is 992. The van der Waals surface area contributed by atoms with Crippen LogP contribution in [-0.2, 0) is 0 Å². The lowest BCUT2D eigenvalue weighted by Crippen LogP contribution is -2.15. The Morgan fingerprint density at radius 2 is 1.50 bits per heavy atom. The van der Waals surface area contributed by atoms with Gasteiger partial charge < -0.3 is 4.90 Å². The van der Waals surface area contributed by atoms with Crippen LogP contribution < -0.4 is 4.90 Å². The van der Waals surface area contributed by atoms with Gasteiger partial charge in [-0.25, -0.2) is 0 Å². The Kier molecular flexibility index (Phi) is 6.43. The van der Waals surface area contributed by atoms with Gasteiger partial charge in [0.15, 0.2) is 0 Å². The normalized spacial score (nSPS) is 11.4. The molecular formula is C27H25N. The molecule has 0 unspecified atom stereocenters. The third-order valence-electron chi connectivity index (χ3n) is 4.55. The van der Waals surface area contributed by atoms with E-state index in [0.717, 1.165) is 22.6 Å². The Morgan fingerprint density at radius 3 is 2.14 bits per heavy atom. The Labute approximate surface area is 168 Å². The summed E-state index contributed by atoms with van der Waals surface area (Å²) in [6.45, 7) is 9.75. The van der Waals surface area contributed by atoms with Crippen molar-refractivity contribution in [2.45, 2.75) is 6.92 Å². The van der Waals surface area contributed by atoms with Crippen LogP contribution in [0.1, 0.15) is 12.5 Å². The molecule has 0 aromatic heterocycles. The minimum Gasteiger partial charge on any atom is -0.311 e. The zero-order chi connectivity index (χ0) is 19.8. The van der Waals surface area contributed by atoms with Crippen LogP contribution in [0.15, 0.2) is 122 Å². The van der Waals surface area contributed by atoms with Crippen molar-refractivity contribution in [1.29, 1.82) is 0 Å². The first kappa shape index (κ1) is 19.2. The molecule has 0 N–H and O–H groups in total. The van der Waals surface area contributed by atoms with Gasteiger partial charge in [0.25, 0.3) is 0 Å². The summed E-state index contributed by atoms with van der Waals surface area (Å²) in [6.07, 6.45) is 9.79. The molecule has 0 aliphatic carbocycles. The summed E-state index contributed by atoms with van der Waals surface area (Å²) in [5.74, 6) is 0. The zero-order valence-electron chi connectivity index (χ0n) is 16.3. The molecule has 0 aliphatic heterocycles. The van der Waals surface area contributed by atoms with Crippen molar-refractivity contribution in [3.05, 3.63) is 128 Å². The van der Waals surface area contributed by atoms with Gasteiger partial charge in [0.05, 0.1) is 0 Å². The molecule has 0 spiro atoms. The minimum atomic E-state index is 1.08. The van der Waals surface area contributed by atoms with E-state index < -0.39 is 0 Å². The second-order valence-electron chi connectivity index (χ2n) is 6.36. The molecule has 3 aromatic carbocycles. The van der Waals surface area contributed by atoms with Crippen molar-refractivity contribution >= 4 is 17.5 Å². The third kappa shape index (κ3) is 4.39. The summed E-state index contributed by atoms with van der Waals surface area (Å²) in [5.41, 5.74) is 6.77. The molecule has 28 heavy (non-hydrogen) atoms. The van der Waals surface area contributed by atoms with E-state index in [1.54, 1.807) is 6.08 Å². The van der Waals surface area contributed by atoms with Crippen molar-refractivity contribution < 1.29 is 0 Å². The summed E-state index contributed by atoms with van der Waals surface area (Å²) in [5, 5.41) is 0. The van der Waals surface area contributed by atoms with Crippen LogP contribution in [0.25, 0.3) is 17.2 Å². The minimum absolute atomic E-state index is 1.08.